The number of carbonyl (C=O) groups is 1. The van der Waals surface area contributed by atoms with E-state index in [2.05, 4.69) is 0 Å². The normalized spacial score (nSPS) is 18.6. The van der Waals surface area contributed by atoms with Gasteiger partial charge < -0.3 is 9.47 Å². The lowest BCUT2D eigenvalue weighted by atomic mass is 9.91. The Morgan fingerprint density at radius 2 is 2.11 bits per heavy atom. The average molecular weight is 246 g/mol. The zero-order valence-corrected chi connectivity index (χ0v) is 10.5. The van der Waals surface area contributed by atoms with Crippen molar-refractivity contribution < 1.29 is 14.3 Å². The van der Waals surface area contributed by atoms with E-state index in [0.717, 1.165) is 42.2 Å². The molecule has 1 saturated carbocycles. The number of ether oxygens (including phenoxy) is 2. The van der Waals surface area contributed by atoms with Gasteiger partial charge in [-0.1, -0.05) is 0 Å². The zero-order chi connectivity index (χ0) is 12.4. The largest absolute Gasteiger partial charge is 0.468 e. The van der Waals surface area contributed by atoms with E-state index in [1.807, 2.05) is 18.2 Å². The topological polar surface area (TPSA) is 35.5 Å². The monoisotopic (exact) mass is 246 g/mol. The van der Waals surface area contributed by atoms with Crippen molar-refractivity contribution in [2.45, 2.75) is 32.1 Å². The molecule has 0 aliphatic heterocycles. The molecular formula is C15H18O3. The molecule has 0 atom stereocenters. The average Bonchev–Trinajstić information content (AvgIpc) is 3.19. The third kappa shape index (κ3) is 2.72. The summed E-state index contributed by atoms with van der Waals surface area (Å²) in [6.45, 7) is 1.12. The molecule has 0 spiro atoms. The maximum Gasteiger partial charge on any atom is 0.189 e. The van der Waals surface area contributed by atoms with Crippen molar-refractivity contribution in [3.8, 4) is 5.75 Å². The summed E-state index contributed by atoms with van der Waals surface area (Å²) in [7, 11) is 0. The fraction of sp³-hybridized carbons (Fsp3) is 0.533. The minimum Gasteiger partial charge on any atom is -0.468 e. The van der Waals surface area contributed by atoms with E-state index < -0.39 is 0 Å². The number of benzene rings is 1. The Hall–Kier alpha value is -1.35. The highest BCUT2D eigenvalue weighted by atomic mass is 16.7. The summed E-state index contributed by atoms with van der Waals surface area (Å²) < 4.78 is 11.0. The maximum absolute atomic E-state index is 11.7. The quantitative estimate of drug-likeness (QED) is 0.592. The molecule has 3 heteroatoms. The standard InChI is InChI=1S/C15H18O3/c16-15-3-1-2-12-8-13(6-7-14(12)15)18-10-17-9-11-4-5-11/h6-8,11H,1-5,9-10H2. The summed E-state index contributed by atoms with van der Waals surface area (Å²) in [4.78, 5) is 11.7. The van der Waals surface area contributed by atoms with E-state index in [9.17, 15) is 4.79 Å². The van der Waals surface area contributed by atoms with Crippen LogP contribution in [0.15, 0.2) is 18.2 Å². The summed E-state index contributed by atoms with van der Waals surface area (Å²) in [5.74, 6) is 1.82. The smallest absolute Gasteiger partial charge is 0.189 e. The summed E-state index contributed by atoms with van der Waals surface area (Å²) in [5.41, 5.74) is 1.98. The predicted molar refractivity (Wildman–Crippen MR) is 67.9 cm³/mol. The Bertz CT molecular complexity index is 449. The lowest BCUT2D eigenvalue weighted by molar-refractivity contribution is 0.00994. The highest BCUT2D eigenvalue weighted by Gasteiger charge is 2.21. The van der Waals surface area contributed by atoms with Gasteiger partial charge in [0.1, 0.15) is 5.75 Å². The van der Waals surface area contributed by atoms with Crippen LogP contribution >= 0.6 is 0 Å². The molecule has 0 aromatic heterocycles. The third-order valence-corrected chi connectivity index (χ3v) is 3.59. The van der Waals surface area contributed by atoms with Gasteiger partial charge in [-0.25, -0.2) is 0 Å². The SMILES string of the molecule is O=C1CCCc2cc(OCOCC3CC3)ccc21. The molecule has 3 rings (SSSR count). The minimum atomic E-state index is 0.257. The number of Topliss-reactive ketones (excluding diaryl/α,β-unsaturated/α-hetero) is 1. The van der Waals surface area contributed by atoms with Gasteiger partial charge in [0.05, 0.1) is 6.61 Å². The molecule has 2 aliphatic carbocycles. The Labute approximate surface area is 107 Å². The van der Waals surface area contributed by atoms with Gasteiger partial charge in [-0.2, -0.15) is 0 Å². The fourth-order valence-electron chi connectivity index (χ4n) is 2.32. The first kappa shape index (κ1) is 11.7. The van der Waals surface area contributed by atoms with Crippen LogP contribution in [0.5, 0.6) is 5.75 Å². The molecule has 1 aromatic rings. The van der Waals surface area contributed by atoms with Crippen molar-refractivity contribution in [2.24, 2.45) is 5.92 Å². The summed E-state index contributed by atoms with van der Waals surface area (Å²) >= 11 is 0. The van der Waals surface area contributed by atoms with Crippen LogP contribution in [0.4, 0.5) is 0 Å². The van der Waals surface area contributed by atoms with Crippen LogP contribution in [0.25, 0.3) is 0 Å². The molecule has 0 radical (unpaired) electrons. The minimum absolute atomic E-state index is 0.257. The first-order valence-electron chi connectivity index (χ1n) is 6.69. The van der Waals surface area contributed by atoms with Gasteiger partial charge in [-0.3, -0.25) is 4.79 Å². The van der Waals surface area contributed by atoms with Crippen molar-refractivity contribution in [1.82, 2.24) is 0 Å². The molecule has 0 bridgehead atoms. The number of carbonyl (C=O) groups excluding carboxylic acids is 1. The van der Waals surface area contributed by atoms with E-state index >= 15 is 0 Å². The highest BCUT2D eigenvalue weighted by Crippen LogP contribution is 2.29. The van der Waals surface area contributed by atoms with Gasteiger partial charge in [-0.15, -0.1) is 0 Å². The first-order chi connectivity index (χ1) is 8.83. The number of hydrogen-bond acceptors (Lipinski definition) is 3. The molecule has 1 aromatic carbocycles. The van der Waals surface area contributed by atoms with Crippen LogP contribution in [0.2, 0.25) is 0 Å². The lowest BCUT2D eigenvalue weighted by Crippen LogP contribution is -2.11. The maximum atomic E-state index is 11.7. The molecule has 0 amide bonds. The molecule has 0 unspecified atom stereocenters. The molecule has 0 N–H and O–H groups in total. The summed E-state index contributed by atoms with van der Waals surface area (Å²) in [6, 6.07) is 5.72. The van der Waals surface area contributed by atoms with Crippen molar-refractivity contribution in [3.05, 3.63) is 29.3 Å². The molecule has 1 fully saturated rings. The predicted octanol–water partition coefficient (Wildman–Crippen LogP) is 2.97. The van der Waals surface area contributed by atoms with E-state index in [0.29, 0.717) is 13.2 Å². The Kier molecular flexibility index (Phi) is 3.33. The molecular weight excluding hydrogens is 228 g/mol. The Morgan fingerprint density at radius 3 is 2.94 bits per heavy atom. The third-order valence-electron chi connectivity index (χ3n) is 3.59. The van der Waals surface area contributed by atoms with Gasteiger partial charge in [0.2, 0.25) is 0 Å². The second-order valence-electron chi connectivity index (χ2n) is 5.17. The van der Waals surface area contributed by atoms with E-state index in [1.54, 1.807) is 0 Å². The molecule has 2 aliphatic rings. The van der Waals surface area contributed by atoms with Crippen LogP contribution in [0.3, 0.4) is 0 Å². The van der Waals surface area contributed by atoms with Crippen LogP contribution in [0.1, 0.15) is 41.6 Å². The lowest BCUT2D eigenvalue weighted by Gasteiger charge is -2.15. The van der Waals surface area contributed by atoms with E-state index in [4.69, 9.17) is 9.47 Å². The Morgan fingerprint density at radius 1 is 1.22 bits per heavy atom. The number of aryl methyl sites for hydroxylation is 1. The van der Waals surface area contributed by atoms with Gasteiger partial charge in [0, 0.05) is 12.0 Å². The number of hydrogen-bond donors (Lipinski definition) is 0. The van der Waals surface area contributed by atoms with Crippen LogP contribution in [0, 0.1) is 5.92 Å². The van der Waals surface area contributed by atoms with Crippen molar-refractivity contribution in [1.29, 1.82) is 0 Å². The number of ketones is 1. The van der Waals surface area contributed by atoms with Gasteiger partial charge in [0.15, 0.2) is 12.6 Å². The molecule has 96 valence electrons. The van der Waals surface area contributed by atoms with Crippen molar-refractivity contribution in [3.63, 3.8) is 0 Å². The number of fused-ring (bicyclic) bond motifs is 1. The molecule has 0 heterocycles. The Balaban J connectivity index is 1.57. The second-order valence-corrected chi connectivity index (χ2v) is 5.17. The van der Waals surface area contributed by atoms with E-state index in [1.165, 1.54) is 12.8 Å². The molecule has 18 heavy (non-hydrogen) atoms. The molecule has 3 nitrogen and oxygen atoms in total. The van der Waals surface area contributed by atoms with Crippen molar-refractivity contribution in [2.75, 3.05) is 13.4 Å². The van der Waals surface area contributed by atoms with Gasteiger partial charge >= 0.3 is 0 Å². The highest BCUT2D eigenvalue weighted by molar-refractivity contribution is 5.98. The van der Waals surface area contributed by atoms with Crippen LogP contribution in [-0.4, -0.2) is 19.2 Å². The fourth-order valence-corrected chi connectivity index (χ4v) is 2.32. The van der Waals surface area contributed by atoms with Gasteiger partial charge in [0.25, 0.3) is 0 Å². The summed E-state index contributed by atoms with van der Waals surface area (Å²) in [5, 5.41) is 0. The van der Waals surface area contributed by atoms with Crippen molar-refractivity contribution >= 4 is 5.78 Å². The van der Waals surface area contributed by atoms with Crippen LogP contribution < -0.4 is 4.74 Å². The van der Waals surface area contributed by atoms with Crippen LogP contribution in [-0.2, 0) is 11.2 Å². The second kappa shape index (κ2) is 5.11. The molecule has 0 saturated heterocycles. The van der Waals surface area contributed by atoms with E-state index in [-0.39, 0.29) is 5.78 Å². The summed E-state index contributed by atoms with van der Waals surface area (Å²) in [6.07, 6.45) is 5.19. The first-order valence-corrected chi connectivity index (χ1v) is 6.69. The number of rotatable bonds is 5. The van der Waals surface area contributed by atoms with Gasteiger partial charge in [-0.05, 0) is 55.4 Å². The zero-order valence-electron chi connectivity index (χ0n) is 10.5.